The summed E-state index contributed by atoms with van der Waals surface area (Å²) >= 11 is 0. The second-order valence-electron chi connectivity index (χ2n) is 7.36. The quantitative estimate of drug-likeness (QED) is 0.802. The van der Waals surface area contributed by atoms with Gasteiger partial charge in [0.2, 0.25) is 0 Å². The largest absolute Gasteiger partial charge is 0.353 e. The molecule has 1 aromatic carbocycles. The molecule has 0 aliphatic carbocycles. The summed E-state index contributed by atoms with van der Waals surface area (Å²) < 4.78 is 0. The van der Waals surface area contributed by atoms with Gasteiger partial charge in [-0.2, -0.15) is 0 Å². The first-order chi connectivity index (χ1) is 13.8. The molecule has 0 N–H and O–H groups in total. The number of hydrogen-bond donors (Lipinski definition) is 0. The first-order valence-corrected chi connectivity index (χ1v) is 10.1. The Morgan fingerprint density at radius 1 is 0.929 bits per heavy atom. The molecule has 0 radical (unpaired) electrons. The van der Waals surface area contributed by atoms with E-state index in [4.69, 9.17) is 0 Å². The zero-order chi connectivity index (χ0) is 19.2. The molecule has 0 bridgehead atoms. The van der Waals surface area contributed by atoms with E-state index in [0.717, 1.165) is 64.5 Å². The Bertz CT molecular complexity index is 791. The maximum Gasteiger partial charge on any atom is 0.274 e. The molecule has 3 heterocycles. The summed E-state index contributed by atoms with van der Waals surface area (Å²) in [4.78, 5) is 27.8. The Morgan fingerprint density at radius 3 is 2.36 bits per heavy atom. The van der Waals surface area contributed by atoms with Crippen LogP contribution in [-0.2, 0) is 0 Å². The van der Waals surface area contributed by atoms with Gasteiger partial charge < -0.3 is 9.80 Å². The van der Waals surface area contributed by atoms with Crippen molar-refractivity contribution in [2.75, 3.05) is 50.7 Å². The van der Waals surface area contributed by atoms with Crippen molar-refractivity contribution in [3.05, 3.63) is 60.1 Å². The fourth-order valence-electron chi connectivity index (χ4n) is 3.74. The summed E-state index contributed by atoms with van der Waals surface area (Å²) in [6.07, 6.45) is 9.95. The predicted molar refractivity (Wildman–Crippen MR) is 111 cm³/mol. The molecule has 4 rings (SSSR count). The molecule has 146 valence electrons. The molecular weight excluding hydrogens is 350 g/mol. The topological polar surface area (TPSA) is 52.6 Å². The van der Waals surface area contributed by atoms with E-state index in [-0.39, 0.29) is 5.91 Å². The number of amides is 1. The Kier molecular flexibility index (Phi) is 5.97. The average Bonchev–Trinajstić information content (AvgIpc) is 3.30. The van der Waals surface area contributed by atoms with Gasteiger partial charge in [-0.3, -0.25) is 9.69 Å². The Morgan fingerprint density at radius 2 is 1.68 bits per heavy atom. The zero-order valence-corrected chi connectivity index (χ0v) is 16.2. The van der Waals surface area contributed by atoms with Crippen molar-refractivity contribution < 1.29 is 4.79 Å². The lowest BCUT2D eigenvalue weighted by molar-refractivity contribution is 0.0786. The number of hydrogen-bond acceptors (Lipinski definition) is 5. The van der Waals surface area contributed by atoms with Gasteiger partial charge in [0.25, 0.3) is 5.91 Å². The van der Waals surface area contributed by atoms with Crippen molar-refractivity contribution in [3.63, 3.8) is 0 Å². The van der Waals surface area contributed by atoms with Crippen LogP contribution in [0, 0.1) is 0 Å². The minimum absolute atomic E-state index is 0.00609. The van der Waals surface area contributed by atoms with Crippen LogP contribution in [0.5, 0.6) is 0 Å². The standard InChI is InChI=1S/C22H27N5O/c28-22(27-11-4-5-12-27)20-17-24-21(18-23-20)26-15-13-25(14-16-26)10-6-9-19-7-2-1-3-8-19/h1-3,6-9,17-18H,4-5,10-16H2/b9-6+. The first-order valence-electron chi connectivity index (χ1n) is 10.1. The summed E-state index contributed by atoms with van der Waals surface area (Å²) in [6.45, 7) is 6.47. The van der Waals surface area contributed by atoms with Gasteiger partial charge in [0.05, 0.1) is 12.4 Å². The van der Waals surface area contributed by atoms with Gasteiger partial charge in [0, 0.05) is 45.8 Å². The van der Waals surface area contributed by atoms with E-state index < -0.39 is 0 Å². The highest BCUT2D eigenvalue weighted by Crippen LogP contribution is 2.15. The summed E-state index contributed by atoms with van der Waals surface area (Å²) in [6, 6.07) is 10.4. The molecule has 2 aliphatic heterocycles. The van der Waals surface area contributed by atoms with Crippen LogP contribution in [0.2, 0.25) is 0 Å². The normalized spacial score (nSPS) is 18.1. The van der Waals surface area contributed by atoms with E-state index in [1.165, 1.54) is 5.56 Å². The molecule has 2 aliphatic rings. The van der Waals surface area contributed by atoms with Gasteiger partial charge in [-0.1, -0.05) is 42.5 Å². The minimum atomic E-state index is 0.00609. The monoisotopic (exact) mass is 377 g/mol. The van der Waals surface area contributed by atoms with Gasteiger partial charge in [-0.15, -0.1) is 0 Å². The second kappa shape index (κ2) is 8.97. The number of benzene rings is 1. The van der Waals surface area contributed by atoms with E-state index in [1.54, 1.807) is 12.4 Å². The summed E-state index contributed by atoms with van der Waals surface area (Å²) in [7, 11) is 0. The summed E-state index contributed by atoms with van der Waals surface area (Å²) in [5.74, 6) is 0.865. The lowest BCUT2D eigenvalue weighted by Gasteiger charge is -2.34. The van der Waals surface area contributed by atoms with Gasteiger partial charge >= 0.3 is 0 Å². The van der Waals surface area contributed by atoms with Crippen LogP contribution < -0.4 is 4.90 Å². The van der Waals surface area contributed by atoms with Gasteiger partial charge in [0.1, 0.15) is 11.5 Å². The molecule has 2 saturated heterocycles. The number of piperazine rings is 1. The molecular formula is C22H27N5O. The number of anilines is 1. The number of rotatable bonds is 5. The average molecular weight is 377 g/mol. The fourth-order valence-corrected chi connectivity index (χ4v) is 3.74. The van der Waals surface area contributed by atoms with E-state index in [9.17, 15) is 4.79 Å². The third-order valence-electron chi connectivity index (χ3n) is 5.42. The smallest absolute Gasteiger partial charge is 0.274 e. The Labute approximate surface area is 166 Å². The maximum atomic E-state index is 12.4. The third kappa shape index (κ3) is 4.57. The SMILES string of the molecule is O=C(c1cnc(N2CCN(C/C=C/c3ccccc3)CC2)cn1)N1CCCC1. The van der Waals surface area contributed by atoms with Crippen LogP contribution >= 0.6 is 0 Å². The van der Waals surface area contributed by atoms with Crippen LogP contribution in [-0.4, -0.2) is 71.5 Å². The van der Waals surface area contributed by atoms with Crippen molar-refractivity contribution in [1.29, 1.82) is 0 Å². The van der Waals surface area contributed by atoms with Crippen molar-refractivity contribution in [3.8, 4) is 0 Å². The van der Waals surface area contributed by atoms with E-state index in [0.29, 0.717) is 5.69 Å². The molecule has 2 fully saturated rings. The van der Waals surface area contributed by atoms with Crippen LogP contribution in [0.4, 0.5) is 5.82 Å². The number of aromatic nitrogens is 2. The number of nitrogens with zero attached hydrogens (tertiary/aromatic N) is 5. The van der Waals surface area contributed by atoms with Crippen LogP contribution in [0.3, 0.4) is 0 Å². The molecule has 0 saturated carbocycles. The van der Waals surface area contributed by atoms with Crippen molar-refractivity contribution in [1.82, 2.24) is 19.8 Å². The lowest BCUT2D eigenvalue weighted by atomic mass is 10.2. The van der Waals surface area contributed by atoms with Crippen LogP contribution in [0.1, 0.15) is 28.9 Å². The molecule has 28 heavy (non-hydrogen) atoms. The molecule has 0 spiro atoms. The summed E-state index contributed by atoms with van der Waals surface area (Å²) in [5, 5.41) is 0. The molecule has 2 aromatic rings. The van der Waals surface area contributed by atoms with Crippen molar-refractivity contribution >= 4 is 17.8 Å². The molecule has 6 nitrogen and oxygen atoms in total. The molecule has 0 unspecified atom stereocenters. The van der Waals surface area contributed by atoms with Gasteiger partial charge in [-0.05, 0) is 18.4 Å². The van der Waals surface area contributed by atoms with Crippen LogP contribution in [0.25, 0.3) is 6.08 Å². The number of carbonyl (C=O) groups excluding carboxylic acids is 1. The number of carbonyl (C=O) groups is 1. The van der Waals surface area contributed by atoms with Crippen molar-refractivity contribution in [2.45, 2.75) is 12.8 Å². The molecule has 0 atom stereocenters. The maximum absolute atomic E-state index is 12.4. The highest BCUT2D eigenvalue weighted by molar-refractivity contribution is 5.92. The molecule has 1 aromatic heterocycles. The first kappa shape index (κ1) is 18.6. The third-order valence-corrected chi connectivity index (χ3v) is 5.42. The lowest BCUT2D eigenvalue weighted by Crippen LogP contribution is -2.46. The Hall–Kier alpha value is -2.73. The molecule has 6 heteroatoms. The molecule has 1 amide bonds. The van der Waals surface area contributed by atoms with Crippen LogP contribution in [0.15, 0.2) is 48.8 Å². The van der Waals surface area contributed by atoms with Gasteiger partial charge in [0.15, 0.2) is 0 Å². The minimum Gasteiger partial charge on any atom is -0.353 e. The van der Waals surface area contributed by atoms with Gasteiger partial charge in [-0.25, -0.2) is 9.97 Å². The zero-order valence-electron chi connectivity index (χ0n) is 16.2. The summed E-state index contributed by atoms with van der Waals surface area (Å²) in [5.41, 5.74) is 1.69. The van der Waals surface area contributed by atoms with E-state index >= 15 is 0 Å². The fraction of sp³-hybridized carbons (Fsp3) is 0.409. The Balaban J connectivity index is 1.26. The highest BCUT2D eigenvalue weighted by atomic mass is 16.2. The second-order valence-corrected chi connectivity index (χ2v) is 7.36. The van der Waals surface area contributed by atoms with E-state index in [2.05, 4.69) is 56.2 Å². The van der Waals surface area contributed by atoms with E-state index in [1.807, 2.05) is 11.0 Å². The highest BCUT2D eigenvalue weighted by Gasteiger charge is 2.22. The predicted octanol–water partition coefficient (Wildman–Crippen LogP) is 2.55. The number of likely N-dealkylation sites (tertiary alicyclic amines) is 1. The van der Waals surface area contributed by atoms with Crippen molar-refractivity contribution in [2.24, 2.45) is 0 Å².